The van der Waals surface area contributed by atoms with Crippen LogP contribution in [0.3, 0.4) is 0 Å². The van der Waals surface area contributed by atoms with Crippen LogP contribution in [0, 0.1) is 5.92 Å². The fourth-order valence-corrected chi connectivity index (χ4v) is 5.27. The lowest BCUT2D eigenvalue weighted by molar-refractivity contribution is -0.149. The Kier molecular flexibility index (Phi) is 10.1. The van der Waals surface area contributed by atoms with Gasteiger partial charge in [-0.25, -0.2) is 0 Å². The zero-order valence-electron chi connectivity index (χ0n) is 19.3. The van der Waals surface area contributed by atoms with Gasteiger partial charge in [0.1, 0.15) is 30.3 Å². The van der Waals surface area contributed by atoms with E-state index in [9.17, 15) is 24.0 Å². The zero-order chi connectivity index (χ0) is 24.6. The highest BCUT2D eigenvalue weighted by atomic mass is 33.1. The average Bonchev–Trinajstić information content (AvgIpc) is 2.71. The van der Waals surface area contributed by atoms with Crippen molar-refractivity contribution < 1.29 is 28.7 Å². The molecule has 184 valence electrons. The third kappa shape index (κ3) is 8.58. The molecule has 2 aliphatic rings. The molecule has 4 amide bonds. The third-order valence-corrected chi connectivity index (χ3v) is 7.45. The van der Waals surface area contributed by atoms with E-state index in [4.69, 9.17) is 4.74 Å². The number of rotatable bonds is 1. The minimum Gasteiger partial charge on any atom is -0.456 e. The number of esters is 1. The molecule has 4 N–H and O–H groups in total. The zero-order valence-corrected chi connectivity index (χ0v) is 20.9. The molecule has 1 fully saturated rings. The minimum atomic E-state index is -1.32. The van der Waals surface area contributed by atoms with Gasteiger partial charge in [0.2, 0.25) is 23.6 Å². The van der Waals surface area contributed by atoms with Crippen molar-refractivity contribution in [2.45, 2.75) is 64.3 Å². The van der Waals surface area contributed by atoms with Crippen LogP contribution in [0.15, 0.2) is 12.2 Å². The summed E-state index contributed by atoms with van der Waals surface area (Å²) >= 11 is 0. The number of carbonyl (C=O) groups is 5. The number of allylic oxidation sites excluding steroid dienone is 1. The Balaban J connectivity index is 2.44. The molecule has 12 heteroatoms. The third-order valence-electron chi connectivity index (χ3n) is 5.00. The first-order valence-corrected chi connectivity index (χ1v) is 13.3. The first-order valence-electron chi connectivity index (χ1n) is 10.8. The van der Waals surface area contributed by atoms with Crippen molar-refractivity contribution in [1.82, 2.24) is 21.3 Å². The van der Waals surface area contributed by atoms with Gasteiger partial charge in [0.25, 0.3) is 0 Å². The van der Waals surface area contributed by atoms with Crippen LogP contribution in [0.4, 0.5) is 0 Å². The summed E-state index contributed by atoms with van der Waals surface area (Å²) < 4.78 is 5.40. The highest BCUT2D eigenvalue weighted by Crippen LogP contribution is 2.24. The molecule has 10 nitrogen and oxygen atoms in total. The van der Waals surface area contributed by atoms with Crippen molar-refractivity contribution in [3.8, 4) is 0 Å². The van der Waals surface area contributed by atoms with E-state index in [1.807, 2.05) is 6.08 Å². The summed E-state index contributed by atoms with van der Waals surface area (Å²) in [6.07, 6.45) is 3.09. The first-order chi connectivity index (χ1) is 15.5. The molecule has 2 bridgehead atoms. The Morgan fingerprint density at radius 1 is 1.06 bits per heavy atom. The van der Waals surface area contributed by atoms with Gasteiger partial charge in [0.05, 0.1) is 6.42 Å². The maximum atomic E-state index is 13.1. The van der Waals surface area contributed by atoms with E-state index < -0.39 is 59.9 Å². The van der Waals surface area contributed by atoms with Gasteiger partial charge in [-0.2, -0.15) is 0 Å². The highest BCUT2D eigenvalue weighted by molar-refractivity contribution is 8.76. The monoisotopic (exact) mass is 500 g/mol. The van der Waals surface area contributed by atoms with Gasteiger partial charge in [-0.05, 0) is 32.3 Å². The summed E-state index contributed by atoms with van der Waals surface area (Å²) in [6, 6.07) is -1.83. The smallest absolute Gasteiger partial charge is 0.326 e. The van der Waals surface area contributed by atoms with E-state index in [1.54, 1.807) is 19.9 Å². The van der Waals surface area contributed by atoms with Gasteiger partial charge in [-0.1, -0.05) is 41.5 Å². The molecular formula is C21H32N4O6S2. The van der Waals surface area contributed by atoms with E-state index in [1.165, 1.54) is 35.4 Å². The van der Waals surface area contributed by atoms with Crippen LogP contribution in [0.2, 0.25) is 0 Å². The topological polar surface area (TPSA) is 143 Å². The molecule has 0 aromatic heterocycles. The summed E-state index contributed by atoms with van der Waals surface area (Å²) in [5.74, 6) is -2.09. The fraction of sp³-hybridized carbons (Fsp3) is 0.667. The van der Waals surface area contributed by atoms with Gasteiger partial charge >= 0.3 is 5.97 Å². The Morgan fingerprint density at radius 2 is 1.79 bits per heavy atom. The first kappa shape index (κ1) is 27.0. The molecule has 2 aliphatic heterocycles. The molecule has 0 saturated carbocycles. The lowest BCUT2D eigenvalue weighted by atomic mass is 10.0. The van der Waals surface area contributed by atoms with Crippen LogP contribution < -0.4 is 21.3 Å². The van der Waals surface area contributed by atoms with E-state index in [0.717, 1.165) is 5.75 Å². The number of ether oxygens (including phenoxy) is 1. The number of fused-ring (bicyclic) bond motifs is 7. The predicted molar refractivity (Wildman–Crippen MR) is 127 cm³/mol. The van der Waals surface area contributed by atoms with Crippen molar-refractivity contribution in [2.75, 3.05) is 18.1 Å². The SMILES string of the molecule is CC(C)[C@@H]1NC(=O)[C@H]2CSSCC/C=C\[C@H](CC(=O)NC(C)(C)C(=O)N2)OC(=O)CNC1=O. The quantitative estimate of drug-likeness (QED) is 0.228. The number of amides is 4. The van der Waals surface area contributed by atoms with Crippen LogP contribution in [-0.4, -0.2) is 71.4 Å². The van der Waals surface area contributed by atoms with E-state index >= 15 is 0 Å². The molecule has 0 aliphatic carbocycles. The molecular weight excluding hydrogens is 468 g/mol. The Labute approximate surface area is 201 Å². The second kappa shape index (κ2) is 12.3. The second-order valence-corrected chi connectivity index (χ2v) is 11.3. The maximum absolute atomic E-state index is 13.1. The molecule has 1 saturated heterocycles. The molecule has 2 rings (SSSR count). The lowest BCUT2D eigenvalue weighted by Crippen LogP contribution is -2.61. The van der Waals surface area contributed by atoms with Gasteiger partial charge in [-0.15, -0.1) is 0 Å². The van der Waals surface area contributed by atoms with Gasteiger partial charge in [0.15, 0.2) is 0 Å². The Morgan fingerprint density at radius 3 is 2.48 bits per heavy atom. The van der Waals surface area contributed by atoms with Crippen molar-refractivity contribution in [1.29, 1.82) is 0 Å². The molecule has 33 heavy (non-hydrogen) atoms. The van der Waals surface area contributed by atoms with Crippen molar-refractivity contribution >= 4 is 51.2 Å². The molecule has 0 radical (unpaired) electrons. The number of hydrogen-bond donors (Lipinski definition) is 4. The van der Waals surface area contributed by atoms with E-state index in [2.05, 4.69) is 21.3 Å². The van der Waals surface area contributed by atoms with Crippen molar-refractivity contribution in [3.05, 3.63) is 12.2 Å². The summed E-state index contributed by atoms with van der Waals surface area (Å²) in [4.78, 5) is 63.7. The molecule has 0 unspecified atom stereocenters. The lowest BCUT2D eigenvalue weighted by Gasteiger charge is -2.30. The standard InChI is InChI=1S/C21H32N4O6S2/c1-12(2)17-19(29)22-10-16(27)31-13-7-5-6-8-32-33-11-14(18(28)24-17)23-20(30)21(3,4)25-15(26)9-13/h5,7,12-14,17H,6,8-11H2,1-4H3,(H,22,29)(H,23,30)(H,24,28)(H,25,26)/b7-5-/t13-,14-,17+/m1/s1. The Hall–Kier alpha value is -2.21. The van der Waals surface area contributed by atoms with Crippen LogP contribution in [0.5, 0.6) is 0 Å². The number of nitrogens with one attached hydrogen (secondary N) is 4. The number of hydrogen-bond acceptors (Lipinski definition) is 8. The second-order valence-electron chi connectivity index (χ2n) is 8.70. The summed E-state index contributed by atoms with van der Waals surface area (Å²) in [5.41, 5.74) is -1.32. The van der Waals surface area contributed by atoms with E-state index in [0.29, 0.717) is 6.42 Å². The largest absolute Gasteiger partial charge is 0.456 e. The molecule has 0 aromatic carbocycles. The van der Waals surface area contributed by atoms with Crippen LogP contribution in [0.1, 0.15) is 40.5 Å². The molecule has 0 spiro atoms. The summed E-state index contributed by atoms with van der Waals surface area (Å²) in [6.45, 7) is 6.18. The van der Waals surface area contributed by atoms with Crippen molar-refractivity contribution in [2.24, 2.45) is 5.92 Å². The Bertz CT molecular complexity index is 802. The fourth-order valence-electron chi connectivity index (χ4n) is 3.12. The molecule has 0 aromatic rings. The maximum Gasteiger partial charge on any atom is 0.326 e. The van der Waals surface area contributed by atoms with Crippen LogP contribution in [0.25, 0.3) is 0 Å². The average molecular weight is 501 g/mol. The minimum absolute atomic E-state index is 0.187. The van der Waals surface area contributed by atoms with Crippen LogP contribution in [-0.2, 0) is 28.7 Å². The van der Waals surface area contributed by atoms with Gasteiger partial charge < -0.3 is 26.0 Å². The summed E-state index contributed by atoms with van der Waals surface area (Å²) in [7, 11) is 2.96. The normalized spacial score (nSPS) is 29.1. The highest BCUT2D eigenvalue weighted by Gasteiger charge is 2.35. The van der Waals surface area contributed by atoms with Gasteiger partial charge in [-0.3, -0.25) is 24.0 Å². The predicted octanol–water partition coefficient (Wildman–Crippen LogP) is 0.280. The van der Waals surface area contributed by atoms with Gasteiger partial charge in [0, 0.05) is 11.5 Å². The van der Waals surface area contributed by atoms with Crippen LogP contribution >= 0.6 is 21.6 Å². The summed E-state index contributed by atoms with van der Waals surface area (Å²) in [5, 5.41) is 10.5. The molecule has 2 heterocycles. The molecule has 3 atom stereocenters. The number of carbonyl (C=O) groups excluding carboxylic acids is 5. The van der Waals surface area contributed by atoms with E-state index in [-0.39, 0.29) is 18.1 Å². The van der Waals surface area contributed by atoms with Crippen molar-refractivity contribution in [3.63, 3.8) is 0 Å².